The van der Waals surface area contributed by atoms with Crippen molar-refractivity contribution in [1.82, 2.24) is 0 Å². The van der Waals surface area contributed by atoms with Gasteiger partial charge in [-0.25, -0.2) is 0 Å². The van der Waals surface area contributed by atoms with Gasteiger partial charge in [-0.2, -0.15) is 48.3 Å². The monoisotopic (exact) mass is 962 g/mol. The van der Waals surface area contributed by atoms with Crippen LogP contribution >= 0.6 is 0 Å². The van der Waals surface area contributed by atoms with E-state index in [1.807, 2.05) is 24.3 Å². The molecular weight excluding hydrogens is 918 g/mol. The molecule has 0 bridgehead atoms. The molecule has 0 fully saturated rings. The molecule has 2 heterocycles. The number of ether oxygens (including phenoxy) is 2. The lowest BCUT2D eigenvalue weighted by Crippen LogP contribution is -2.44. The van der Waals surface area contributed by atoms with Crippen LogP contribution in [0.15, 0.2) is 133 Å². The van der Waals surface area contributed by atoms with E-state index in [0.29, 0.717) is 40.8 Å². The average molecular weight is 963 g/mol. The molecule has 8 rings (SSSR count). The molecule has 7 nitrogen and oxygen atoms in total. The van der Waals surface area contributed by atoms with E-state index in [0.717, 1.165) is 40.9 Å². The van der Waals surface area contributed by atoms with Crippen molar-refractivity contribution in [3.8, 4) is 45.3 Å². The Balaban J connectivity index is 0.000000225. The van der Waals surface area contributed by atoms with Crippen LogP contribution in [0.2, 0.25) is 0 Å². The highest BCUT2D eigenvalue weighted by molar-refractivity contribution is 5.77. The van der Waals surface area contributed by atoms with Gasteiger partial charge in [-0.15, -0.1) is 0 Å². The molecule has 3 unspecified atom stereocenters. The lowest BCUT2D eigenvalue weighted by atomic mass is 9.86. The van der Waals surface area contributed by atoms with Crippen LogP contribution < -0.4 is 19.7 Å². The summed E-state index contributed by atoms with van der Waals surface area (Å²) < 4.78 is 152. The summed E-state index contributed by atoms with van der Waals surface area (Å²) in [5.41, 5.74) is 7.19. The Bertz CT molecular complexity index is 2660. The van der Waals surface area contributed by atoms with Crippen LogP contribution in [-0.4, -0.2) is 59.2 Å². The van der Waals surface area contributed by atoms with E-state index in [2.05, 4.69) is 14.8 Å². The fraction of sp³-hybridized carbons (Fsp3) is 0.280. The van der Waals surface area contributed by atoms with Crippen molar-refractivity contribution < 1.29 is 73.1 Å². The molecule has 3 atom stereocenters. The van der Waals surface area contributed by atoms with Gasteiger partial charge in [0.2, 0.25) is 0 Å². The summed E-state index contributed by atoms with van der Waals surface area (Å²) in [7, 11) is 0. The minimum absolute atomic E-state index is 0. The second-order valence-corrected chi connectivity index (χ2v) is 15.8. The molecule has 6 aromatic rings. The van der Waals surface area contributed by atoms with Gasteiger partial charge >= 0.3 is 31.2 Å². The lowest BCUT2D eigenvalue weighted by Gasteiger charge is -2.41. The Hall–Kier alpha value is -6.69. The number of aliphatic hydroxyl groups is 1. The lowest BCUT2D eigenvalue weighted by molar-refractivity contribution is -0.253. The maximum atomic E-state index is 13.5. The second-order valence-electron chi connectivity index (χ2n) is 15.8. The summed E-state index contributed by atoms with van der Waals surface area (Å²) >= 11 is 0. The van der Waals surface area contributed by atoms with E-state index in [1.165, 1.54) is 47.4 Å². The van der Waals surface area contributed by atoms with Gasteiger partial charge in [-0.05, 0) is 131 Å². The number of halogens is 11. The van der Waals surface area contributed by atoms with Gasteiger partial charge in [-0.3, -0.25) is 0 Å². The Labute approximate surface area is 384 Å². The predicted octanol–water partition coefficient (Wildman–Crippen LogP) is 13.7. The molecule has 0 amide bonds. The molecule has 4 N–H and O–H groups in total. The number of phenols is 2. The highest BCUT2D eigenvalue weighted by atomic mass is 19.4. The number of benzene rings is 6. The van der Waals surface area contributed by atoms with Crippen LogP contribution in [0, 0.1) is 0 Å². The molecule has 68 heavy (non-hydrogen) atoms. The van der Waals surface area contributed by atoms with E-state index in [1.54, 1.807) is 54.6 Å². The Kier molecular flexibility index (Phi) is 15.4. The van der Waals surface area contributed by atoms with Gasteiger partial charge in [0.15, 0.2) is 6.10 Å². The minimum Gasteiger partial charge on any atom is -0.508 e. The number of nitrogens with one attached hydrogen (secondary N) is 1. The highest BCUT2D eigenvalue weighted by Crippen LogP contribution is 2.45. The standard InChI is InChI=1S/C26H22F7NO3.C23H19F4NO2.CH4/c27-24(28)26(32,33)37-18-7-2-5-16(13-18)21-11-10-20-19(15-4-1-6-17(35)12-15)8-3-9-22(20)34(21)14-23(36)25(29,30)31;24-22(25)23(26,27)30-17-7-2-5-15(13-17)20-11-10-19-18(8-3-9-21(19)28-20)14-4-1-6-16(29)12-14;/h1-9,12-13,21,23-24,35-36H,10-11,14H2;1-9,12-13,20,22,28-29H,10-11H2;1H4. The molecule has 18 heteroatoms. The van der Waals surface area contributed by atoms with Crippen molar-refractivity contribution in [3.63, 3.8) is 0 Å². The van der Waals surface area contributed by atoms with Crippen LogP contribution in [0.5, 0.6) is 23.0 Å². The molecule has 6 aromatic carbocycles. The van der Waals surface area contributed by atoms with Crippen LogP contribution in [-0.2, 0) is 12.8 Å². The second kappa shape index (κ2) is 20.7. The third-order valence-electron chi connectivity index (χ3n) is 11.3. The molecule has 0 aliphatic carbocycles. The van der Waals surface area contributed by atoms with Gasteiger partial charge in [0.1, 0.15) is 23.0 Å². The maximum absolute atomic E-state index is 13.5. The van der Waals surface area contributed by atoms with Crippen molar-refractivity contribution in [2.75, 3.05) is 16.8 Å². The van der Waals surface area contributed by atoms with Crippen molar-refractivity contribution >= 4 is 11.4 Å². The zero-order valence-electron chi connectivity index (χ0n) is 34.9. The topological polar surface area (TPSA) is 94.4 Å². The van der Waals surface area contributed by atoms with E-state index >= 15 is 0 Å². The molecule has 0 aromatic heterocycles. The average Bonchev–Trinajstić information content (AvgIpc) is 3.28. The van der Waals surface area contributed by atoms with E-state index in [-0.39, 0.29) is 42.7 Å². The van der Waals surface area contributed by atoms with Crippen LogP contribution in [0.3, 0.4) is 0 Å². The summed E-state index contributed by atoms with van der Waals surface area (Å²) in [5, 5.41) is 33.0. The number of aromatic hydroxyl groups is 2. The largest absolute Gasteiger partial charge is 0.508 e. The molecule has 0 spiro atoms. The van der Waals surface area contributed by atoms with Gasteiger partial charge in [0, 0.05) is 11.4 Å². The normalized spacial score (nSPS) is 16.4. The number of alkyl halides is 11. The Morgan fingerprint density at radius 2 is 1.07 bits per heavy atom. The van der Waals surface area contributed by atoms with Gasteiger partial charge in [0.05, 0.1) is 18.6 Å². The number of fused-ring (bicyclic) bond motifs is 2. The zero-order valence-corrected chi connectivity index (χ0v) is 34.9. The van der Waals surface area contributed by atoms with Crippen LogP contribution in [0.25, 0.3) is 22.3 Å². The zero-order chi connectivity index (χ0) is 48.3. The third-order valence-corrected chi connectivity index (χ3v) is 11.3. The van der Waals surface area contributed by atoms with Gasteiger partial charge < -0.3 is 35.0 Å². The summed E-state index contributed by atoms with van der Waals surface area (Å²) in [4.78, 5) is 1.33. The van der Waals surface area contributed by atoms with Crippen molar-refractivity contribution in [1.29, 1.82) is 0 Å². The molecule has 0 radical (unpaired) electrons. The first-order valence-electron chi connectivity index (χ1n) is 20.7. The number of nitrogens with zero attached hydrogens (tertiary/aromatic N) is 1. The van der Waals surface area contributed by atoms with Crippen molar-refractivity contribution in [2.24, 2.45) is 0 Å². The molecule has 2 aliphatic rings. The molecule has 362 valence electrons. The van der Waals surface area contributed by atoms with E-state index in [4.69, 9.17) is 0 Å². The number of aliphatic hydroxyl groups excluding tert-OH is 1. The first-order valence-corrected chi connectivity index (χ1v) is 20.7. The summed E-state index contributed by atoms with van der Waals surface area (Å²) in [6, 6.07) is 33.9. The SMILES string of the molecule is C.Oc1cccc(-c2cccc3c2CCC(c2cccc(OC(F)(F)C(F)F)c2)N3)c1.Oc1cccc(-c2cccc3c2CCC(c2cccc(OC(F)(F)C(F)F)c2)N3CC(O)C(F)(F)F)c1. The van der Waals surface area contributed by atoms with E-state index in [9.17, 15) is 63.6 Å². The predicted molar refractivity (Wildman–Crippen MR) is 235 cm³/mol. The van der Waals surface area contributed by atoms with Crippen LogP contribution in [0.4, 0.5) is 59.7 Å². The Morgan fingerprint density at radius 3 is 1.62 bits per heavy atom. The maximum Gasteiger partial charge on any atom is 0.461 e. The number of phenolic OH excluding ortho intramolecular Hbond substituents is 2. The quantitative estimate of drug-likeness (QED) is 0.0908. The number of hydrogen-bond donors (Lipinski definition) is 4. The number of β-amino-alcohol motifs (C(OH)–C–C–N with tert-alkyl or cyclic N) is 1. The number of anilines is 2. The van der Waals surface area contributed by atoms with Crippen molar-refractivity contribution in [2.45, 2.75) is 82.5 Å². The van der Waals surface area contributed by atoms with Gasteiger partial charge in [0.25, 0.3) is 0 Å². The molecular formula is C50H45F11N2O5. The first-order chi connectivity index (χ1) is 31.7. The fourth-order valence-corrected chi connectivity index (χ4v) is 8.23. The molecule has 0 saturated carbocycles. The summed E-state index contributed by atoms with van der Waals surface area (Å²) in [6.45, 7) is -0.858. The number of hydrogen-bond acceptors (Lipinski definition) is 7. The number of rotatable bonds is 12. The summed E-state index contributed by atoms with van der Waals surface area (Å²) in [5.74, 6) is -0.688. The molecule has 0 saturated heterocycles. The van der Waals surface area contributed by atoms with Crippen molar-refractivity contribution in [3.05, 3.63) is 156 Å². The van der Waals surface area contributed by atoms with E-state index < -0.39 is 55.7 Å². The smallest absolute Gasteiger partial charge is 0.461 e. The van der Waals surface area contributed by atoms with Crippen LogP contribution in [0.1, 0.15) is 54.6 Å². The molecule has 2 aliphatic heterocycles. The highest BCUT2D eigenvalue weighted by Gasteiger charge is 2.46. The third kappa shape index (κ3) is 11.7. The van der Waals surface area contributed by atoms with Gasteiger partial charge in [-0.1, -0.05) is 80.2 Å². The minimum atomic E-state index is -4.92. The first kappa shape index (κ1) is 50.7. The summed E-state index contributed by atoms with van der Waals surface area (Å²) in [6.07, 6.45) is -22.9. The Morgan fingerprint density at radius 1 is 0.588 bits per heavy atom. The fourth-order valence-electron chi connectivity index (χ4n) is 8.23.